The van der Waals surface area contributed by atoms with E-state index in [4.69, 9.17) is 9.47 Å². The minimum atomic E-state index is -0.224. The van der Waals surface area contributed by atoms with Crippen molar-refractivity contribution >= 4 is 11.6 Å². The topological polar surface area (TPSA) is 52.6 Å². The first kappa shape index (κ1) is 20.3. The fraction of sp³-hybridized carbons (Fsp3) is 0.882. The molecule has 124 valence electrons. The number of Topliss-reactive ketones (excluding diaryl/α,β-unsaturated/α-hetero) is 2. The molecule has 1 rings (SSSR count). The predicted molar refractivity (Wildman–Crippen MR) is 84.2 cm³/mol. The molecule has 4 nitrogen and oxygen atoms in total. The van der Waals surface area contributed by atoms with Crippen molar-refractivity contribution in [2.24, 2.45) is 5.92 Å². The van der Waals surface area contributed by atoms with Crippen molar-refractivity contribution < 1.29 is 19.1 Å². The molecular weight excluding hydrogens is 268 g/mol. The molecule has 0 bridgehead atoms. The van der Waals surface area contributed by atoms with E-state index in [2.05, 4.69) is 20.8 Å². The van der Waals surface area contributed by atoms with Crippen LogP contribution < -0.4 is 0 Å². The van der Waals surface area contributed by atoms with E-state index in [1.807, 2.05) is 0 Å². The third-order valence-electron chi connectivity index (χ3n) is 3.66. The average molecular weight is 300 g/mol. The smallest absolute Gasteiger partial charge is 0.168 e. The maximum atomic E-state index is 10.0. The second-order valence-electron chi connectivity index (χ2n) is 5.99. The summed E-state index contributed by atoms with van der Waals surface area (Å²) in [6, 6.07) is 0. The highest BCUT2D eigenvalue weighted by Crippen LogP contribution is 2.31. The molecule has 21 heavy (non-hydrogen) atoms. The Morgan fingerprint density at radius 1 is 1.05 bits per heavy atom. The fourth-order valence-corrected chi connectivity index (χ4v) is 2.31. The van der Waals surface area contributed by atoms with E-state index in [1.165, 1.54) is 26.7 Å². The van der Waals surface area contributed by atoms with Crippen LogP contribution in [0.4, 0.5) is 0 Å². The van der Waals surface area contributed by atoms with Gasteiger partial charge in [0.2, 0.25) is 0 Å². The van der Waals surface area contributed by atoms with Crippen LogP contribution in [0.15, 0.2) is 0 Å². The first-order valence-corrected chi connectivity index (χ1v) is 8.12. The van der Waals surface area contributed by atoms with Crippen LogP contribution in [0.5, 0.6) is 0 Å². The standard InChI is InChI=1S/C12H24O2.C5H8O2/c1-4-7-12(13-9-10-14-12)8-6-11(3)5-2;1-4(6)3-5(2)7/h11H,4-10H2,1-3H3;3H2,1-2H3. The van der Waals surface area contributed by atoms with Crippen LogP contribution >= 0.6 is 0 Å². The van der Waals surface area contributed by atoms with Gasteiger partial charge in [-0.3, -0.25) is 9.59 Å². The molecular formula is C17H32O4. The third-order valence-corrected chi connectivity index (χ3v) is 3.66. The lowest BCUT2D eigenvalue weighted by molar-refractivity contribution is -0.169. The summed E-state index contributed by atoms with van der Waals surface area (Å²) in [6.07, 6.45) is 5.80. The van der Waals surface area contributed by atoms with Gasteiger partial charge in [-0.25, -0.2) is 0 Å². The summed E-state index contributed by atoms with van der Waals surface area (Å²) < 4.78 is 11.5. The second kappa shape index (κ2) is 10.9. The van der Waals surface area contributed by atoms with E-state index in [0.717, 1.165) is 38.4 Å². The molecule has 4 heteroatoms. The molecule has 1 atom stereocenters. The Kier molecular flexibility index (Phi) is 10.5. The summed E-state index contributed by atoms with van der Waals surface area (Å²) in [5.41, 5.74) is 0. The molecule has 0 aromatic rings. The Balaban J connectivity index is 0.000000486. The SMILES string of the molecule is CC(=O)CC(C)=O.CCCC1(CCC(C)CC)OCCO1. The fourth-order valence-electron chi connectivity index (χ4n) is 2.31. The van der Waals surface area contributed by atoms with Crippen LogP contribution in [0.25, 0.3) is 0 Å². The molecule has 0 aliphatic carbocycles. The van der Waals surface area contributed by atoms with E-state index in [9.17, 15) is 9.59 Å². The molecule has 0 amide bonds. The Morgan fingerprint density at radius 3 is 1.90 bits per heavy atom. The van der Waals surface area contributed by atoms with Crippen molar-refractivity contribution in [1.29, 1.82) is 0 Å². The molecule has 1 aliphatic rings. The van der Waals surface area contributed by atoms with Gasteiger partial charge in [-0.2, -0.15) is 0 Å². The third kappa shape index (κ3) is 9.75. The Labute approximate surface area is 129 Å². The average Bonchev–Trinajstić information content (AvgIpc) is 2.84. The number of hydrogen-bond acceptors (Lipinski definition) is 4. The Bertz CT molecular complexity index is 294. The zero-order valence-electron chi connectivity index (χ0n) is 14.4. The van der Waals surface area contributed by atoms with Gasteiger partial charge in [0, 0.05) is 12.8 Å². The Morgan fingerprint density at radius 2 is 1.57 bits per heavy atom. The first-order chi connectivity index (χ1) is 9.85. The summed E-state index contributed by atoms with van der Waals surface area (Å²) in [7, 11) is 0. The highest BCUT2D eigenvalue weighted by atomic mass is 16.7. The summed E-state index contributed by atoms with van der Waals surface area (Å²) >= 11 is 0. The number of ether oxygens (including phenoxy) is 2. The van der Waals surface area contributed by atoms with Gasteiger partial charge in [0.25, 0.3) is 0 Å². The van der Waals surface area contributed by atoms with Gasteiger partial charge in [0.1, 0.15) is 11.6 Å². The van der Waals surface area contributed by atoms with Crippen LogP contribution in [-0.4, -0.2) is 30.6 Å². The largest absolute Gasteiger partial charge is 0.348 e. The van der Waals surface area contributed by atoms with E-state index >= 15 is 0 Å². The molecule has 0 N–H and O–H groups in total. The van der Waals surface area contributed by atoms with Gasteiger partial charge in [0.05, 0.1) is 19.6 Å². The molecule has 1 saturated heterocycles. The zero-order valence-corrected chi connectivity index (χ0v) is 14.4. The van der Waals surface area contributed by atoms with Crippen LogP contribution in [0.2, 0.25) is 0 Å². The normalized spacial score (nSPS) is 17.8. The van der Waals surface area contributed by atoms with E-state index in [-0.39, 0.29) is 23.8 Å². The molecule has 0 saturated carbocycles. The zero-order chi connectivity index (χ0) is 16.3. The predicted octanol–water partition coefficient (Wildman–Crippen LogP) is 3.91. The molecule has 0 aromatic carbocycles. The molecule has 1 aliphatic heterocycles. The highest BCUT2D eigenvalue weighted by Gasteiger charge is 2.35. The molecule has 1 unspecified atom stereocenters. The molecule has 1 heterocycles. The number of ketones is 2. The molecule has 0 spiro atoms. The van der Waals surface area contributed by atoms with Crippen molar-refractivity contribution in [1.82, 2.24) is 0 Å². The summed E-state index contributed by atoms with van der Waals surface area (Å²) in [5, 5.41) is 0. The minimum absolute atomic E-state index is 0.0625. The van der Waals surface area contributed by atoms with Crippen molar-refractivity contribution in [2.45, 2.75) is 78.9 Å². The lowest BCUT2D eigenvalue weighted by atomic mass is 9.96. The van der Waals surface area contributed by atoms with Crippen molar-refractivity contribution in [3.05, 3.63) is 0 Å². The van der Waals surface area contributed by atoms with Gasteiger partial charge in [-0.1, -0.05) is 33.6 Å². The van der Waals surface area contributed by atoms with Crippen molar-refractivity contribution in [3.63, 3.8) is 0 Å². The highest BCUT2D eigenvalue weighted by molar-refractivity contribution is 5.96. The summed E-state index contributed by atoms with van der Waals surface area (Å²) in [4.78, 5) is 20.1. The minimum Gasteiger partial charge on any atom is -0.348 e. The molecule has 0 radical (unpaired) electrons. The number of carbonyl (C=O) groups excluding carboxylic acids is 2. The van der Waals surface area contributed by atoms with Crippen LogP contribution in [0.1, 0.15) is 73.1 Å². The van der Waals surface area contributed by atoms with Crippen molar-refractivity contribution in [2.75, 3.05) is 13.2 Å². The summed E-state index contributed by atoms with van der Waals surface area (Å²) in [6.45, 7) is 11.1. The quantitative estimate of drug-likeness (QED) is 0.638. The number of carbonyl (C=O) groups is 2. The van der Waals surface area contributed by atoms with E-state index < -0.39 is 0 Å². The van der Waals surface area contributed by atoms with Crippen LogP contribution in [0, 0.1) is 5.92 Å². The number of rotatable bonds is 8. The van der Waals surface area contributed by atoms with Gasteiger partial charge in [-0.05, 0) is 26.2 Å². The maximum Gasteiger partial charge on any atom is 0.168 e. The van der Waals surface area contributed by atoms with Gasteiger partial charge < -0.3 is 9.47 Å². The van der Waals surface area contributed by atoms with Crippen molar-refractivity contribution in [3.8, 4) is 0 Å². The maximum absolute atomic E-state index is 10.0. The Hall–Kier alpha value is -0.740. The lowest BCUT2D eigenvalue weighted by Crippen LogP contribution is -2.30. The summed E-state index contributed by atoms with van der Waals surface area (Å²) in [5.74, 6) is 0.439. The molecule has 1 fully saturated rings. The number of hydrogen-bond donors (Lipinski definition) is 0. The van der Waals surface area contributed by atoms with E-state index in [1.54, 1.807) is 0 Å². The molecule has 0 aromatic heterocycles. The van der Waals surface area contributed by atoms with Gasteiger partial charge >= 0.3 is 0 Å². The lowest BCUT2D eigenvalue weighted by Gasteiger charge is -2.28. The van der Waals surface area contributed by atoms with Gasteiger partial charge in [-0.15, -0.1) is 0 Å². The monoisotopic (exact) mass is 300 g/mol. The first-order valence-electron chi connectivity index (χ1n) is 8.12. The van der Waals surface area contributed by atoms with Gasteiger partial charge in [0.15, 0.2) is 5.79 Å². The second-order valence-corrected chi connectivity index (χ2v) is 5.99. The van der Waals surface area contributed by atoms with Crippen LogP contribution in [0.3, 0.4) is 0 Å². The van der Waals surface area contributed by atoms with E-state index in [0.29, 0.717) is 0 Å². The van der Waals surface area contributed by atoms with Crippen LogP contribution in [-0.2, 0) is 19.1 Å².